The second-order valence-corrected chi connectivity index (χ2v) is 1.72. The number of hydrogen-bond acceptors (Lipinski definition) is 1. The lowest BCUT2D eigenvalue weighted by atomic mass is 10.4. The summed E-state index contributed by atoms with van der Waals surface area (Å²) in [5.74, 6) is 0.501. The average molecular weight is 146 g/mol. The lowest BCUT2D eigenvalue weighted by molar-refractivity contribution is 0.824. The first kappa shape index (κ1) is 8.40. The summed E-state index contributed by atoms with van der Waals surface area (Å²) < 4.78 is 0. The monoisotopic (exact) mass is 145 g/mol. The van der Waals surface area contributed by atoms with E-state index in [9.17, 15) is 0 Å². The molecule has 0 aromatic carbocycles. The number of aromatic nitrogens is 1. The van der Waals surface area contributed by atoms with Crippen molar-refractivity contribution in [3.8, 4) is 0 Å². The van der Waals surface area contributed by atoms with Gasteiger partial charge < -0.3 is 5.48 Å². The van der Waals surface area contributed by atoms with E-state index in [1.54, 1.807) is 6.20 Å². The van der Waals surface area contributed by atoms with Crippen molar-refractivity contribution < 1.29 is 5.48 Å². The van der Waals surface area contributed by atoms with Crippen molar-refractivity contribution in [2.24, 2.45) is 0 Å². The van der Waals surface area contributed by atoms with Crippen LogP contribution in [-0.2, 0) is 5.88 Å². The summed E-state index contributed by atoms with van der Waals surface area (Å²) in [6.07, 6.45) is 1.73. The fraction of sp³-hybridized carbons (Fsp3) is 0.167. The molecule has 1 heterocycles. The molecule has 0 saturated heterocycles. The standard InChI is InChI=1S/C6H6ClN.H2O/c7-5-6-3-1-2-4-8-6;/h1-4H,5H2;1H2. The zero-order chi connectivity index (χ0) is 5.82. The Morgan fingerprint density at radius 2 is 2.22 bits per heavy atom. The Morgan fingerprint density at radius 3 is 2.56 bits per heavy atom. The smallest absolute Gasteiger partial charge is 0.0647 e. The molecule has 0 radical (unpaired) electrons. The Hall–Kier alpha value is -0.600. The number of halogens is 1. The van der Waals surface area contributed by atoms with Gasteiger partial charge in [-0.15, -0.1) is 11.6 Å². The van der Waals surface area contributed by atoms with Crippen LogP contribution in [0.2, 0.25) is 0 Å². The number of rotatable bonds is 1. The van der Waals surface area contributed by atoms with Gasteiger partial charge in [0.15, 0.2) is 0 Å². The summed E-state index contributed by atoms with van der Waals surface area (Å²) in [4.78, 5) is 3.97. The topological polar surface area (TPSA) is 44.4 Å². The van der Waals surface area contributed by atoms with Crippen molar-refractivity contribution in [1.82, 2.24) is 4.98 Å². The van der Waals surface area contributed by atoms with Gasteiger partial charge in [-0.05, 0) is 12.1 Å². The summed E-state index contributed by atoms with van der Waals surface area (Å²) in [5, 5.41) is 0. The molecule has 0 amide bonds. The summed E-state index contributed by atoms with van der Waals surface area (Å²) in [7, 11) is 0. The summed E-state index contributed by atoms with van der Waals surface area (Å²) in [6, 6.07) is 5.69. The van der Waals surface area contributed by atoms with Gasteiger partial charge in [0.2, 0.25) is 0 Å². The second-order valence-electron chi connectivity index (χ2n) is 1.45. The van der Waals surface area contributed by atoms with Crippen molar-refractivity contribution >= 4 is 11.6 Å². The van der Waals surface area contributed by atoms with Crippen LogP contribution in [0.1, 0.15) is 5.69 Å². The molecule has 0 aliphatic carbocycles. The minimum atomic E-state index is 0. The molecule has 2 N–H and O–H groups in total. The highest BCUT2D eigenvalue weighted by Crippen LogP contribution is 1.95. The van der Waals surface area contributed by atoms with E-state index in [-0.39, 0.29) is 5.48 Å². The van der Waals surface area contributed by atoms with Gasteiger partial charge in [-0.25, -0.2) is 0 Å². The van der Waals surface area contributed by atoms with Gasteiger partial charge in [0, 0.05) is 6.20 Å². The van der Waals surface area contributed by atoms with Crippen molar-refractivity contribution in [3.05, 3.63) is 30.1 Å². The van der Waals surface area contributed by atoms with E-state index in [0.29, 0.717) is 5.88 Å². The molecule has 0 aliphatic heterocycles. The van der Waals surface area contributed by atoms with Gasteiger partial charge in [0.25, 0.3) is 0 Å². The maximum Gasteiger partial charge on any atom is 0.0647 e. The molecule has 0 unspecified atom stereocenters. The molecule has 1 aromatic heterocycles. The van der Waals surface area contributed by atoms with Crippen LogP contribution in [0.5, 0.6) is 0 Å². The van der Waals surface area contributed by atoms with Crippen LogP contribution in [0.4, 0.5) is 0 Å². The highest BCUT2D eigenvalue weighted by molar-refractivity contribution is 6.16. The van der Waals surface area contributed by atoms with E-state index in [1.807, 2.05) is 18.2 Å². The van der Waals surface area contributed by atoms with Gasteiger partial charge in [-0.1, -0.05) is 6.07 Å². The van der Waals surface area contributed by atoms with Crippen LogP contribution in [0.25, 0.3) is 0 Å². The van der Waals surface area contributed by atoms with Crippen LogP contribution in [0, 0.1) is 0 Å². The quantitative estimate of drug-likeness (QED) is 0.544. The molecule has 9 heavy (non-hydrogen) atoms. The molecule has 0 spiro atoms. The Bertz CT molecular complexity index is 154. The molecular weight excluding hydrogens is 138 g/mol. The molecule has 50 valence electrons. The minimum absolute atomic E-state index is 0. The molecule has 0 saturated carbocycles. The molecule has 0 atom stereocenters. The van der Waals surface area contributed by atoms with Gasteiger partial charge in [0.05, 0.1) is 11.6 Å². The molecule has 0 bridgehead atoms. The van der Waals surface area contributed by atoms with Crippen LogP contribution < -0.4 is 0 Å². The summed E-state index contributed by atoms with van der Waals surface area (Å²) >= 11 is 5.46. The first-order valence-electron chi connectivity index (χ1n) is 2.39. The van der Waals surface area contributed by atoms with Crippen molar-refractivity contribution in [2.45, 2.75) is 5.88 Å². The Labute approximate surface area is 58.8 Å². The zero-order valence-electron chi connectivity index (χ0n) is 4.84. The number of pyridine rings is 1. The van der Waals surface area contributed by atoms with Gasteiger partial charge in [0.1, 0.15) is 0 Å². The van der Waals surface area contributed by atoms with Crippen molar-refractivity contribution in [2.75, 3.05) is 0 Å². The highest BCUT2D eigenvalue weighted by Gasteiger charge is 1.83. The fourth-order valence-corrected chi connectivity index (χ4v) is 0.635. The first-order valence-corrected chi connectivity index (χ1v) is 2.93. The first-order chi connectivity index (χ1) is 3.93. The van der Waals surface area contributed by atoms with E-state index in [1.165, 1.54) is 0 Å². The van der Waals surface area contributed by atoms with Crippen LogP contribution in [0.15, 0.2) is 24.4 Å². The molecule has 3 heteroatoms. The lowest BCUT2D eigenvalue weighted by Gasteiger charge is -1.87. The third-order valence-electron chi connectivity index (χ3n) is 0.863. The van der Waals surface area contributed by atoms with Crippen LogP contribution in [-0.4, -0.2) is 10.5 Å². The predicted molar refractivity (Wildman–Crippen MR) is 37.4 cm³/mol. The lowest BCUT2D eigenvalue weighted by Crippen LogP contribution is -1.79. The summed E-state index contributed by atoms with van der Waals surface area (Å²) in [5.41, 5.74) is 0.925. The molecule has 0 fully saturated rings. The maximum absolute atomic E-state index is 5.46. The molecule has 1 rings (SSSR count). The Morgan fingerprint density at radius 1 is 1.44 bits per heavy atom. The SMILES string of the molecule is ClCc1ccccn1.O. The van der Waals surface area contributed by atoms with Crippen molar-refractivity contribution in [1.29, 1.82) is 0 Å². The zero-order valence-corrected chi connectivity index (χ0v) is 5.60. The normalized spacial score (nSPS) is 8.11. The van der Waals surface area contributed by atoms with E-state index in [0.717, 1.165) is 5.69 Å². The average Bonchev–Trinajstić information content (AvgIpc) is 1.90. The highest BCUT2D eigenvalue weighted by atomic mass is 35.5. The number of nitrogens with zero attached hydrogens (tertiary/aromatic N) is 1. The largest absolute Gasteiger partial charge is 0.412 e. The fourth-order valence-electron chi connectivity index (χ4n) is 0.477. The third-order valence-corrected chi connectivity index (χ3v) is 1.14. The Kier molecular flexibility index (Phi) is 4.01. The number of hydrogen-bond donors (Lipinski definition) is 0. The van der Waals surface area contributed by atoms with E-state index in [2.05, 4.69) is 4.98 Å². The summed E-state index contributed by atoms with van der Waals surface area (Å²) in [6.45, 7) is 0. The molecule has 1 aromatic rings. The molecular formula is C6H8ClNO. The second kappa shape index (κ2) is 4.30. The van der Waals surface area contributed by atoms with Gasteiger partial charge >= 0.3 is 0 Å². The maximum atomic E-state index is 5.46. The predicted octanol–water partition coefficient (Wildman–Crippen LogP) is 0.996. The number of alkyl halides is 1. The van der Waals surface area contributed by atoms with Gasteiger partial charge in [-0.3, -0.25) is 4.98 Å². The van der Waals surface area contributed by atoms with E-state index in [4.69, 9.17) is 11.6 Å². The van der Waals surface area contributed by atoms with Gasteiger partial charge in [-0.2, -0.15) is 0 Å². The van der Waals surface area contributed by atoms with E-state index < -0.39 is 0 Å². The molecule has 2 nitrogen and oxygen atoms in total. The van der Waals surface area contributed by atoms with Crippen molar-refractivity contribution in [3.63, 3.8) is 0 Å². The Balaban J connectivity index is 0.000000640. The van der Waals surface area contributed by atoms with Crippen LogP contribution >= 0.6 is 11.6 Å². The molecule has 0 aliphatic rings. The third kappa shape index (κ3) is 2.44. The van der Waals surface area contributed by atoms with E-state index >= 15 is 0 Å². The van der Waals surface area contributed by atoms with Crippen LogP contribution in [0.3, 0.4) is 0 Å². The minimum Gasteiger partial charge on any atom is -0.412 e.